The highest BCUT2D eigenvalue weighted by Gasteiger charge is 2.26. The zero-order chi connectivity index (χ0) is 15.2. The van der Waals surface area contributed by atoms with E-state index < -0.39 is 18.3 Å². The largest absolute Gasteiger partial charge is 0.481 e. The Kier molecular flexibility index (Phi) is 12.9. The van der Waals surface area contributed by atoms with Crippen molar-refractivity contribution >= 4 is 5.97 Å². The lowest BCUT2D eigenvalue weighted by Gasteiger charge is -2.10. The van der Waals surface area contributed by atoms with Gasteiger partial charge in [-0.25, -0.2) is 8.78 Å². The summed E-state index contributed by atoms with van der Waals surface area (Å²) in [5.41, 5.74) is 0. The predicted octanol–water partition coefficient (Wildman–Crippen LogP) is 5.65. The van der Waals surface area contributed by atoms with Crippen LogP contribution in [0.15, 0.2) is 0 Å². The van der Waals surface area contributed by atoms with Crippen molar-refractivity contribution in [2.24, 2.45) is 5.92 Å². The van der Waals surface area contributed by atoms with Crippen LogP contribution in [0.2, 0.25) is 0 Å². The van der Waals surface area contributed by atoms with Crippen LogP contribution in [-0.2, 0) is 4.79 Å². The Morgan fingerprint density at radius 1 is 0.850 bits per heavy atom. The molecule has 0 unspecified atom stereocenters. The van der Waals surface area contributed by atoms with Crippen molar-refractivity contribution in [2.75, 3.05) is 0 Å². The number of carbonyl (C=O) groups is 1. The molecule has 0 bridgehead atoms. The molecule has 2 nitrogen and oxygen atoms in total. The zero-order valence-corrected chi connectivity index (χ0v) is 12.8. The van der Waals surface area contributed by atoms with Crippen LogP contribution >= 0.6 is 0 Å². The third kappa shape index (κ3) is 11.2. The van der Waals surface area contributed by atoms with Gasteiger partial charge in [0.25, 0.3) is 6.43 Å². The molecule has 0 aliphatic heterocycles. The fraction of sp³-hybridized carbons (Fsp3) is 0.938. The van der Waals surface area contributed by atoms with Gasteiger partial charge >= 0.3 is 5.97 Å². The summed E-state index contributed by atoms with van der Waals surface area (Å²) >= 11 is 0. The van der Waals surface area contributed by atoms with Crippen LogP contribution in [-0.4, -0.2) is 17.5 Å². The summed E-state index contributed by atoms with van der Waals surface area (Å²) in [5, 5.41) is 8.63. The third-order valence-corrected chi connectivity index (χ3v) is 3.74. The maximum Gasteiger partial charge on any atom is 0.312 e. The molecule has 1 atom stereocenters. The molecule has 4 heteroatoms. The second-order valence-corrected chi connectivity index (χ2v) is 5.60. The monoisotopic (exact) mass is 292 g/mol. The van der Waals surface area contributed by atoms with Crippen molar-refractivity contribution in [2.45, 2.75) is 90.4 Å². The Morgan fingerprint density at radius 2 is 1.25 bits per heavy atom. The Hall–Kier alpha value is -0.670. The number of unbranched alkanes of at least 4 members (excludes halogenated alkanes) is 10. The Balaban J connectivity index is 3.29. The van der Waals surface area contributed by atoms with Crippen LogP contribution in [0.5, 0.6) is 0 Å². The molecule has 0 aliphatic carbocycles. The number of carboxylic acids is 1. The first-order chi connectivity index (χ1) is 9.59. The minimum atomic E-state index is -2.74. The molecular weight excluding hydrogens is 262 g/mol. The summed E-state index contributed by atoms with van der Waals surface area (Å²) in [4.78, 5) is 10.6. The van der Waals surface area contributed by atoms with Crippen molar-refractivity contribution < 1.29 is 18.7 Å². The highest BCUT2D eigenvalue weighted by atomic mass is 19.3. The molecule has 0 aromatic rings. The topological polar surface area (TPSA) is 37.3 Å². The first-order valence-electron chi connectivity index (χ1n) is 8.10. The molecule has 20 heavy (non-hydrogen) atoms. The van der Waals surface area contributed by atoms with Gasteiger partial charge in [-0.1, -0.05) is 77.6 Å². The summed E-state index contributed by atoms with van der Waals surface area (Å²) in [6.45, 7) is 2.21. The molecule has 0 heterocycles. The number of hydrogen-bond donors (Lipinski definition) is 1. The molecule has 0 rings (SSSR count). The van der Waals surface area contributed by atoms with E-state index in [2.05, 4.69) is 6.92 Å². The molecule has 120 valence electrons. The standard InChI is InChI=1S/C16H30F2O2/c1-2-3-4-5-6-7-8-9-10-11-12-13-14(15(17)18)16(19)20/h14-15H,2-13H2,1H3,(H,19,20)/t14-/m0/s1. The first-order valence-corrected chi connectivity index (χ1v) is 8.10. The van der Waals surface area contributed by atoms with Crippen molar-refractivity contribution in [1.82, 2.24) is 0 Å². The molecule has 0 aliphatic rings. The smallest absolute Gasteiger partial charge is 0.312 e. The van der Waals surface area contributed by atoms with E-state index in [9.17, 15) is 13.6 Å². The third-order valence-electron chi connectivity index (χ3n) is 3.74. The van der Waals surface area contributed by atoms with Gasteiger partial charge in [0.05, 0.1) is 0 Å². The van der Waals surface area contributed by atoms with E-state index in [1.165, 1.54) is 44.9 Å². The number of carboxylic acid groups (broad SMARTS) is 1. The van der Waals surface area contributed by atoms with Gasteiger partial charge in [-0.05, 0) is 6.42 Å². The Labute approximate surface area is 122 Å². The van der Waals surface area contributed by atoms with Gasteiger partial charge < -0.3 is 5.11 Å². The number of aliphatic carboxylic acids is 1. The Morgan fingerprint density at radius 3 is 1.60 bits per heavy atom. The second kappa shape index (κ2) is 13.3. The summed E-state index contributed by atoms with van der Waals surface area (Å²) in [5.74, 6) is -2.85. The maximum absolute atomic E-state index is 12.4. The minimum absolute atomic E-state index is 0.101. The van der Waals surface area contributed by atoms with Crippen molar-refractivity contribution in [3.63, 3.8) is 0 Å². The molecule has 0 saturated heterocycles. The van der Waals surface area contributed by atoms with Gasteiger partial charge in [0.15, 0.2) is 0 Å². The molecule has 1 N–H and O–H groups in total. The predicted molar refractivity (Wildman–Crippen MR) is 78.2 cm³/mol. The Bertz CT molecular complexity index is 233. The minimum Gasteiger partial charge on any atom is -0.481 e. The number of halogens is 2. The lowest BCUT2D eigenvalue weighted by Crippen LogP contribution is -2.21. The van der Waals surface area contributed by atoms with Gasteiger partial charge in [-0.2, -0.15) is 0 Å². The van der Waals surface area contributed by atoms with Crippen molar-refractivity contribution in [3.8, 4) is 0 Å². The fourth-order valence-electron chi connectivity index (χ4n) is 2.39. The zero-order valence-electron chi connectivity index (χ0n) is 12.8. The summed E-state index contributed by atoms with van der Waals surface area (Å²) in [6.07, 6.45) is 10.0. The summed E-state index contributed by atoms with van der Waals surface area (Å²) < 4.78 is 24.7. The number of rotatable bonds is 14. The average molecular weight is 292 g/mol. The van der Waals surface area contributed by atoms with Gasteiger partial charge in [0.1, 0.15) is 5.92 Å². The lowest BCUT2D eigenvalue weighted by atomic mass is 10.0. The van der Waals surface area contributed by atoms with Crippen LogP contribution in [0, 0.1) is 5.92 Å². The van der Waals surface area contributed by atoms with Crippen LogP contribution in [0.25, 0.3) is 0 Å². The van der Waals surface area contributed by atoms with Gasteiger partial charge in [-0.15, -0.1) is 0 Å². The van der Waals surface area contributed by atoms with Gasteiger partial charge in [-0.3, -0.25) is 4.79 Å². The highest BCUT2D eigenvalue weighted by Crippen LogP contribution is 2.19. The molecule has 0 saturated carbocycles. The van der Waals surface area contributed by atoms with E-state index in [0.717, 1.165) is 19.3 Å². The average Bonchev–Trinajstić information content (AvgIpc) is 2.39. The highest BCUT2D eigenvalue weighted by molar-refractivity contribution is 5.70. The normalized spacial score (nSPS) is 12.8. The molecule has 0 aromatic heterocycles. The lowest BCUT2D eigenvalue weighted by molar-refractivity contribution is -0.147. The van der Waals surface area contributed by atoms with Crippen LogP contribution in [0.4, 0.5) is 8.78 Å². The molecular formula is C16H30F2O2. The molecule has 0 spiro atoms. The van der Waals surface area contributed by atoms with Crippen LogP contribution in [0.1, 0.15) is 84.0 Å². The van der Waals surface area contributed by atoms with Crippen LogP contribution in [0.3, 0.4) is 0 Å². The van der Waals surface area contributed by atoms with Crippen molar-refractivity contribution in [3.05, 3.63) is 0 Å². The van der Waals surface area contributed by atoms with E-state index in [0.29, 0.717) is 6.42 Å². The van der Waals surface area contributed by atoms with E-state index in [1.807, 2.05) is 0 Å². The quantitative estimate of drug-likeness (QED) is 0.420. The second-order valence-electron chi connectivity index (χ2n) is 5.60. The molecule has 0 aromatic carbocycles. The van der Waals surface area contributed by atoms with E-state index in [1.54, 1.807) is 0 Å². The SMILES string of the molecule is CCCCCCCCCCCCC[C@H](C(=O)O)C(F)F. The first kappa shape index (κ1) is 19.3. The molecule has 0 fully saturated rings. The maximum atomic E-state index is 12.4. The summed E-state index contributed by atoms with van der Waals surface area (Å²) in [7, 11) is 0. The van der Waals surface area contributed by atoms with Gasteiger partial charge in [0, 0.05) is 0 Å². The van der Waals surface area contributed by atoms with E-state index >= 15 is 0 Å². The number of alkyl halides is 2. The van der Waals surface area contributed by atoms with Gasteiger partial charge in [0.2, 0.25) is 0 Å². The fourth-order valence-corrected chi connectivity index (χ4v) is 2.39. The van der Waals surface area contributed by atoms with E-state index in [-0.39, 0.29) is 6.42 Å². The number of hydrogen-bond acceptors (Lipinski definition) is 1. The summed E-state index contributed by atoms with van der Waals surface area (Å²) in [6, 6.07) is 0. The van der Waals surface area contributed by atoms with Crippen LogP contribution < -0.4 is 0 Å². The molecule has 0 radical (unpaired) electrons. The molecule has 0 amide bonds. The van der Waals surface area contributed by atoms with E-state index in [4.69, 9.17) is 5.11 Å². The van der Waals surface area contributed by atoms with Crippen molar-refractivity contribution in [1.29, 1.82) is 0 Å².